The van der Waals surface area contributed by atoms with Gasteiger partial charge >= 0.3 is 0 Å². The maximum absolute atomic E-state index is 6.46. The first kappa shape index (κ1) is 13.8. The molecule has 0 fully saturated rings. The monoisotopic (exact) mass is 280 g/mol. The Labute approximate surface area is 124 Å². The first-order chi connectivity index (χ1) is 10.2. The third-order valence-electron chi connectivity index (χ3n) is 3.82. The summed E-state index contributed by atoms with van der Waals surface area (Å²) in [5.41, 5.74) is 9.61. The van der Waals surface area contributed by atoms with Crippen molar-refractivity contribution in [3.8, 4) is 0 Å². The molecule has 1 atom stereocenters. The fourth-order valence-corrected chi connectivity index (χ4v) is 2.77. The molecule has 1 aromatic carbocycles. The summed E-state index contributed by atoms with van der Waals surface area (Å²) in [5, 5.41) is 1.13. The zero-order valence-corrected chi connectivity index (χ0v) is 12.5. The molecule has 0 bridgehead atoms. The molecule has 4 heteroatoms. The van der Waals surface area contributed by atoms with Crippen LogP contribution in [0.2, 0.25) is 0 Å². The van der Waals surface area contributed by atoms with Gasteiger partial charge in [-0.3, -0.25) is 4.98 Å². The number of hydrogen-bond acceptors (Lipinski definition) is 3. The van der Waals surface area contributed by atoms with E-state index in [0.29, 0.717) is 0 Å². The van der Waals surface area contributed by atoms with Crippen LogP contribution in [0.15, 0.2) is 42.7 Å². The number of nitrogens with two attached hydrogens (primary N) is 1. The molecular formula is C17H20N4. The number of pyridine rings is 1. The summed E-state index contributed by atoms with van der Waals surface area (Å²) in [5.74, 6) is 1.03. The Morgan fingerprint density at radius 1 is 1.29 bits per heavy atom. The average Bonchev–Trinajstić information content (AvgIpc) is 2.93. The summed E-state index contributed by atoms with van der Waals surface area (Å²) in [7, 11) is 0. The van der Waals surface area contributed by atoms with Crippen molar-refractivity contribution >= 4 is 10.9 Å². The van der Waals surface area contributed by atoms with Gasteiger partial charge in [0.1, 0.15) is 5.82 Å². The van der Waals surface area contributed by atoms with E-state index in [9.17, 15) is 0 Å². The summed E-state index contributed by atoms with van der Waals surface area (Å²) < 4.78 is 2.14. The van der Waals surface area contributed by atoms with Gasteiger partial charge in [-0.25, -0.2) is 4.98 Å². The zero-order valence-electron chi connectivity index (χ0n) is 12.5. The highest BCUT2D eigenvalue weighted by Crippen LogP contribution is 2.25. The maximum atomic E-state index is 6.46. The highest BCUT2D eigenvalue weighted by Gasteiger charge is 2.14. The standard InChI is InChI=1S/C17H20N4/c1-3-21-9-8-19-17(21)11-15(18)14-10-12(2)20-16-7-5-4-6-13(14)16/h4-10,15H,3,11,18H2,1-2H3. The van der Waals surface area contributed by atoms with Crippen LogP contribution in [0.3, 0.4) is 0 Å². The van der Waals surface area contributed by atoms with Gasteiger partial charge in [-0.15, -0.1) is 0 Å². The lowest BCUT2D eigenvalue weighted by Gasteiger charge is -2.16. The molecule has 0 spiro atoms. The molecule has 4 nitrogen and oxygen atoms in total. The van der Waals surface area contributed by atoms with Crippen molar-refractivity contribution < 1.29 is 0 Å². The van der Waals surface area contributed by atoms with E-state index in [1.54, 1.807) is 0 Å². The fourth-order valence-electron chi connectivity index (χ4n) is 2.77. The summed E-state index contributed by atoms with van der Waals surface area (Å²) in [4.78, 5) is 9.00. The average molecular weight is 280 g/mol. The third kappa shape index (κ3) is 2.67. The molecule has 21 heavy (non-hydrogen) atoms. The summed E-state index contributed by atoms with van der Waals surface area (Å²) >= 11 is 0. The minimum absolute atomic E-state index is 0.0794. The summed E-state index contributed by atoms with van der Waals surface area (Å²) in [6.45, 7) is 5.04. The molecule has 2 heterocycles. The lowest BCUT2D eigenvalue weighted by molar-refractivity contribution is 0.630. The van der Waals surface area contributed by atoms with E-state index >= 15 is 0 Å². The molecule has 0 aliphatic carbocycles. The topological polar surface area (TPSA) is 56.7 Å². The van der Waals surface area contributed by atoms with Crippen LogP contribution in [0, 0.1) is 6.92 Å². The van der Waals surface area contributed by atoms with E-state index in [2.05, 4.69) is 33.6 Å². The first-order valence-electron chi connectivity index (χ1n) is 7.31. The minimum Gasteiger partial charge on any atom is -0.335 e. The van der Waals surface area contributed by atoms with Gasteiger partial charge in [0.15, 0.2) is 0 Å². The molecule has 2 N–H and O–H groups in total. The smallest absolute Gasteiger partial charge is 0.110 e. The van der Waals surface area contributed by atoms with Crippen LogP contribution < -0.4 is 5.73 Å². The molecule has 0 aliphatic rings. The molecule has 0 saturated heterocycles. The molecule has 0 saturated carbocycles. The highest BCUT2D eigenvalue weighted by molar-refractivity contribution is 5.82. The van der Waals surface area contributed by atoms with Crippen LogP contribution in [0.25, 0.3) is 10.9 Å². The van der Waals surface area contributed by atoms with Gasteiger partial charge < -0.3 is 10.3 Å². The van der Waals surface area contributed by atoms with Crippen LogP contribution in [0.1, 0.15) is 30.0 Å². The molecule has 0 amide bonds. The largest absolute Gasteiger partial charge is 0.335 e. The van der Waals surface area contributed by atoms with Crippen molar-refractivity contribution in [2.45, 2.75) is 32.9 Å². The van der Waals surface area contributed by atoms with Crippen LogP contribution in [-0.2, 0) is 13.0 Å². The van der Waals surface area contributed by atoms with Gasteiger partial charge in [-0.2, -0.15) is 0 Å². The fraction of sp³-hybridized carbons (Fsp3) is 0.294. The SMILES string of the molecule is CCn1ccnc1CC(N)c1cc(C)nc2ccccc12. The van der Waals surface area contributed by atoms with E-state index in [1.165, 1.54) is 0 Å². The number of fused-ring (bicyclic) bond motifs is 1. The number of benzene rings is 1. The lowest BCUT2D eigenvalue weighted by Crippen LogP contribution is -2.17. The van der Waals surface area contributed by atoms with Crippen LogP contribution >= 0.6 is 0 Å². The van der Waals surface area contributed by atoms with Gasteiger partial charge in [0, 0.05) is 42.5 Å². The predicted molar refractivity (Wildman–Crippen MR) is 85.0 cm³/mol. The number of imidazole rings is 1. The van der Waals surface area contributed by atoms with E-state index in [0.717, 1.165) is 41.0 Å². The molecule has 1 unspecified atom stereocenters. The Morgan fingerprint density at radius 3 is 2.90 bits per heavy atom. The number of hydrogen-bond donors (Lipinski definition) is 1. The van der Waals surface area contributed by atoms with Crippen molar-refractivity contribution in [2.24, 2.45) is 5.73 Å². The second kappa shape index (κ2) is 5.66. The van der Waals surface area contributed by atoms with Crippen molar-refractivity contribution in [2.75, 3.05) is 0 Å². The van der Waals surface area contributed by atoms with E-state index in [4.69, 9.17) is 5.73 Å². The van der Waals surface area contributed by atoms with Crippen LogP contribution in [-0.4, -0.2) is 14.5 Å². The lowest BCUT2D eigenvalue weighted by atomic mass is 9.99. The minimum atomic E-state index is -0.0794. The van der Waals surface area contributed by atoms with Crippen molar-refractivity contribution in [1.82, 2.24) is 14.5 Å². The van der Waals surface area contributed by atoms with Crippen molar-refractivity contribution in [1.29, 1.82) is 0 Å². The van der Waals surface area contributed by atoms with E-state index < -0.39 is 0 Å². The first-order valence-corrected chi connectivity index (χ1v) is 7.31. The summed E-state index contributed by atoms with van der Waals surface area (Å²) in [6, 6.07) is 10.2. The molecule has 0 aliphatic heterocycles. The quantitative estimate of drug-likeness (QED) is 0.799. The Balaban J connectivity index is 1.99. The van der Waals surface area contributed by atoms with E-state index in [1.807, 2.05) is 37.5 Å². The maximum Gasteiger partial charge on any atom is 0.110 e. The molecule has 108 valence electrons. The zero-order chi connectivity index (χ0) is 14.8. The van der Waals surface area contributed by atoms with Crippen LogP contribution in [0.5, 0.6) is 0 Å². The van der Waals surface area contributed by atoms with Gasteiger partial charge in [-0.1, -0.05) is 18.2 Å². The second-order valence-electron chi connectivity index (χ2n) is 5.31. The number of aryl methyl sites for hydroxylation is 2. The van der Waals surface area contributed by atoms with Crippen LogP contribution in [0.4, 0.5) is 0 Å². The number of nitrogens with zero attached hydrogens (tertiary/aromatic N) is 3. The number of para-hydroxylation sites is 1. The molecule has 2 aromatic heterocycles. The van der Waals surface area contributed by atoms with E-state index in [-0.39, 0.29) is 6.04 Å². The molecule has 3 aromatic rings. The molecule has 3 rings (SSSR count). The highest BCUT2D eigenvalue weighted by atomic mass is 15.1. The number of aromatic nitrogens is 3. The van der Waals surface area contributed by atoms with Crippen molar-refractivity contribution in [3.63, 3.8) is 0 Å². The Morgan fingerprint density at radius 2 is 2.10 bits per heavy atom. The van der Waals surface area contributed by atoms with Gasteiger partial charge in [0.25, 0.3) is 0 Å². The van der Waals surface area contributed by atoms with Crippen molar-refractivity contribution in [3.05, 3.63) is 59.8 Å². The third-order valence-corrected chi connectivity index (χ3v) is 3.82. The second-order valence-corrected chi connectivity index (χ2v) is 5.31. The van der Waals surface area contributed by atoms with Gasteiger partial charge in [-0.05, 0) is 31.5 Å². The van der Waals surface area contributed by atoms with Gasteiger partial charge in [0.2, 0.25) is 0 Å². The Hall–Kier alpha value is -2.20. The number of rotatable bonds is 4. The molecular weight excluding hydrogens is 260 g/mol. The van der Waals surface area contributed by atoms with Gasteiger partial charge in [0.05, 0.1) is 5.52 Å². The predicted octanol–water partition coefficient (Wildman–Crippen LogP) is 3.00. The molecule has 0 radical (unpaired) electrons. The normalized spacial score (nSPS) is 12.7. The Kier molecular flexibility index (Phi) is 3.71. The summed E-state index contributed by atoms with van der Waals surface area (Å²) in [6.07, 6.45) is 4.56. The Bertz CT molecular complexity index is 760.